The molecule has 31 heavy (non-hydrogen) atoms. The fourth-order valence-corrected chi connectivity index (χ4v) is 3.60. The minimum absolute atomic E-state index is 0.0790. The van der Waals surface area contributed by atoms with Gasteiger partial charge in [0.2, 0.25) is 0 Å². The van der Waals surface area contributed by atoms with Crippen LogP contribution in [0.5, 0.6) is 11.5 Å². The molecule has 0 spiro atoms. The zero-order valence-electron chi connectivity index (χ0n) is 17.8. The summed E-state index contributed by atoms with van der Waals surface area (Å²) in [4.78, 5) is 14.5. The second kappa shape index (κ2) is 9.57. The molecule has 2 heterocycles. The predicted octanol–water partition coefficient (Wildman–Crippen LogP) is 3.13. The lowest BCUT2D eigenvalue weighted by atomic mass is 10.1. The lowest BCUT2D eigenvalue weighted by Gasteiger charge is -2.41. The molecule has 1 saturated heterocycles. The maximum absolute atomic E-state index is 12.3. The summed E-state index contributed by atoms with van der Waals surface area (Å²) >= 11 is 0. The summed E-state index contributed by atoms with van der Waals surface area (Å²) in [5.41, 5.74) is 2.34. The van der Waals surface area contributed by atoms with E-state index >= 15 is 0 Å². The van der Waals surface area contributed by atoms with E-state index in [1.165, 1.54) is 7.11 Å². The van der Waals surface area contributed by atoms with E-state index in [0.717, 1.165) is 42.5 Å². The molecule has 0 unspecified atom stereocenters. The number of hydrogen-bond acceptors (Lipinski definition) is 6. The first-order valence-electron chi connectivity index (χ1n) is 10.3. The van der Waals surface area contributed by atoms with Crippen LogP contribution in [0.4, 0.5) is 5.69 Å². The summed E-state index contributed by atoms with van der Waals surface area (Å²) in [5.74, 6) is 1.30. The van der Waals surface area contributed by atoms with Gasteiger partial charge < -0.3 is 29.0 Å². The second-order valence-corrected chi connectivity index (χ2v) is 7.32. The zero-order valence-corrected chi connectivity index (χ0v) is 17.8. The van der Waals surface area contributed by atoms with Crippen molar-refractivity contribution in [1.82, 2.24) is 9.88 Å². The third-order valence-corrected chi connectivity index (χ3v) is 5.22. The van der Waals surface area contributed by atoms with E-state index in [-0.39, 0.29) is 12.1 Å². The van der Waals surface area contributed by atoms with Gasteiger partial charge in [-0.3, -0.25) is 0 Å². The van der Waals surface area contributed by atoms with Crippen molar-refractivity contribution in [2.24, 2.45) is 0 Å². The van der Waals surface area contributed by atoms with Crippen molar-refractivity contribution < 1.29 is 19.0 Å². The molecule has 3 aromatic rings. The van der Waals surface area contributed by atoms with Gasteiger partial charge in [0.1, 0.15) is 24.2 Å². The number of nitrogens with zero attached hydrogens (tertiary/aromatic N) is 2. The number of aromatic nitrogens is 1. The summed E-state index contributed by atoms with van der Waals surface area (Å²) in [6.07, 6.45) is 3.94. The van der Waals surface area contributed by atoms with Crippen LogP contribution in [0, 0.1) is 0 Å². The topological polar surface area (TPSA) is 65.0 Å². The van der Waals surface area contributed by atoms with Gasteiger partial charge in [0, 0.05) is 18.9 Å². The van der Waals surface area contributed by atoms with E-state index in [0.29, 0.717) is 12.2 Å². The molecule has 0 atom stereocenters. The Kier molecular flexibility index (Phi) is 6.43. The summed E-state index contributed by atoms with van der Waals surface area (Å²) in [5, 5.41) is 3.05. The third kappa shape index (κ3) is 4.67. The Morgan fingerprint density at radius 2 is 1.74 bits per heavy atom. The van der Waals surface area contributed by atoms with Gasteiger partial charge in [-0.2, -0.15) is 0 Å². The van der Waals surface area contributed by atoms with Crippen LogP contribution < -0.4 is 19.7 Å². The molecule has 0 saturated carbocycles. The number of rotatable bonds is 9. The Bertz CT molecular complexity index is 996. The second-order valence-electron chi connectivity index (χ2n) is 7.32. The molecular formula is C24H27N3O4. The van der Waals surface area contributed by atoms with Crippen LogP contribution in [0.15, 0.2) is 67.0 Å². The van der Waals surface area contributed by atoms with Gasteiger partial charge in [-0.1, -0.05) is 6.07 Å². The van der Waals surface area contributed by atoms with Crippen LogP contribution >= 0.6 is 0 Å². The van der Waals surface area contributed by atoms with Crippen molar-refractivity contribution in [3.8, 4) is 17.2 Å². The molecule has 1 fully saturated rings. The molecule has 0 radical (unpaired) electrons. The summed E-state index contributed by atoms with van der Waals surface area (Å²) in [6, 6.07) is 17.3. The Balaban J connectivity index is 1.43. The van der Waals surface area contributed by atoms with E-state index in [2.05, 4.69) is 10.2 Å². The minimum Gasteiger partial charge on any atom is -0.492 e. The average Bonchev–Trinajstić information content (AvgIpc) is 3.30. The van der Waals surface area contributed by atoms with Crippen LogP contribution in [-0.4, -0.2) is 57.0 Å². The Morgan fingerprint density at radius 3 is 2.42 bits per heavy atom. The minimum atomic E-state index is -0.351. The lowest BCUT2D eigenvalue weighted by Crippen LogP contribution is -2.54. The highest BCUT2D eigenvalue weighted by Crippen LogP contribution is 2.33. The van der Waals surface area contributed by atoms with Crippen LogP contribution in [0.1, 0.15) is 10.4 Å². The highest BCUT2D eigenvalue weighted by Gasteiger charge is 2.32. The number of likely N-dealkylation sites (N-methyl/N-ethyl adjacent to an activating group) is 1. The first-order valence-corrected chi connectivity index (χ1v) is 10.3. The van der Waals surface area contributed by atoms with Gasteiger partial charge in [0.05, 0.1) is 37.1 Å². The maximum atomic E-state index is 12.3. The van der Waals surface area contributed by atoms with Crippen molar-refractivity contribution in [2.45, 2.75) is 6.10 Å². The molecular weight excluding hydrogens is 394 g/mol. The van der Waals surface area contributed by atoms with Gasteiger partial charge in [-0.15, -0.1) is 0 Å². The standard InChI is InChI=1S/C24H27N3O4/c1-25-12-15-30-18-8-10-19(11-9-18)31-20-16-27(17-20)22-7-5-6-21(24(28)29-2)23(22)26-13-3-4-14-26/h3-11,13-14,20,25H,12,15-17H2,1-2H3. The van der Waals surface area contributed by atoms with Crippen molar-refractivity contribution in [3.05, 3.63) is 72.6 Å². The first-order chi connectivity index (χ1) is 15.2. The van der Waals surface area contributed by atoms with Crippen molar-refractivity contribution in [2.75, 3.05) is 45.3 Å². The molecule has 0 bridgehead atoms. The molecule has 0 amide bonds. The summed E-state index contributed by atoms with van der Waals surface area (Å²) < 4.78 is 18.7. The largest absolute Gasteiger partial charge is 0.492 e. The number of carbonyl (C=O) groups is 1. The number of ether oxygens (including phenoxy) is 3. The number of nitrogens with one attached hydrogen (secondary N) is 1. The maximum Gasteiger partial charge on any atom is 0.340 e. The molecule has 7 nitrogen and oxygen atoms in total. The number of anilines is 1. The van der Waals surface area contributed by atoms with Gasteiger partial charge in [0.15, 0.2) is 0 Å². The average molecular weight is 421 g/mol. The number of hydrogen-bond donors (Lipinski definition) is 1. The van der Waals surface area contributed by atoms with Crippen molar-refractivity contribution in [1.29, 1.82) is 0 Å². The highest BCUT2D eigenvalue weighted by molar-refractivity contribution is 5.96. The Labute approximate surface area is 182 Å². The summed E-state index contributed by atoms with van der Waals surface area (Å²) in [7, 11) is 3.30. The quantitative estimate of drug-likeness (QED) is 0.423. The van der Waals surface area contributed by atoms with Crippen molar-refractivity contribution >= 4 is 11.7 Å². The van der Waals surface area contributed by atoms with Crippen LogP contribution in [-0.2, 0) is 4.74 Å². The first kappa shape index (κ1) is 20.8. The van der Waals surface area contributed by atoms with E-state index < -0.39 is 0 Å². The summed E-state index contributed by atoms with van der Waals surface area (Å²) in [6.45, 7) is 2.90. The number of esters is 1. The lowest BCUT2D eigenvalue weighted by molar-refractivity contribution is 0.0600. The SMILES string of the molecule is CNCCOc1ccc(OC2CN(c3cccc(C(=O)OC)c3-n3cccc3)C2)cc1. The van der Waals surface area contributed by atoms with Gasteiger partial charge in [0.25, 0.3) is 0 Å². The number of methoxy groups -OCH3 is 1. The predicted molar refractivity (Wildman–Crippen MR) is 120 cm³/mol. The van der Waals surface area contributed by atoms with Gasteiger partial charge >= 0.3 is 5.97 Å². The fourth-order valence-electron chi connectivity index (χ4n) is 3.60. The Morgan fingerprint density at radius 1 is 1.03 bits per heavy atom. The number of benzene rings is 2. The molecule has 7 heteroatoms. The van der Waals surface area contributed by atoms with Crippen molar-refractivity contribution in [3.63, 3.8) is 0 Å². The van der Waals surface area contributed by atoms with Gasteiger partial charge in [-0.25, -0.2) is 4.79 Å². The number of carbonyl (C=O) groups excluding carboxylic acids is 1. The fraction of sp³-hybridized carbons (Fsp3) is 0.292. The molecule has 1 aliphatic rings. The van der Waals surface area contributed by atoms with Crippen LogP contribution in [0.3, 0.4) is 0 Å². The smallest absolute Gasteiger partial charge is 0.340 e. The normalized spacial score (nSPS) is 13.5. The monoisotopic (exact) mass is 421 g/mol. The molecule has 1 aromatic heterocycles. The van der Waals surface area contributed by atoms with Crippen LogP contribution in [0.2, 0.25) is 0 Å². The Hall–Kier alpha value is -3.45. The highest BCUT2D eigenvalue weighted by atomic mass is 16.5. The molecule has 2 aromatic carbocycles. The van der Waals surface area contributed by atoms with E-state index in [1.807, 2.05) is 72.5 Å². The van der Waals surface area contributed by atoms with E-state index in [4.69, 9.17) is 14.2 Å². The number of para-hydroxylation sites is 1. The molecule has 4 rings (SSSR count). The third-order valence-electron chi connectivity index (χ3n) is 5.22. The van der Waals surface area contributed by atoms with Crippen LogP contribution in [0.25, 0.3) is 5.69 Å². The molecule has 162 valence electrons. The van der Waals surface area contributed by atoms with E-state index in [9.17, 15) is 4.79 Å². The van der Waals surface area contributed by atoms with E-state index in [1.54, 1.807) is 6.07 Å². The molecule has 1 N–H and O–H groups in total. The van der Waals surface area contributed by atoms with Gasteiger partial charge in [-0.05, 0) is 55.6 Å². The molecule has 1 aliphatic heterocycles. The molecule has 0 aliphatic carbocycles. The zero-order chi connectivity index (χ0) is 21.6.